The van der Waals surface area contributed by atoms with Crippen LogP contribution in [0.25, 0.3) is 0 Å². The van der Waals surface area contributed by atoms with Crippen molar-refractivity contribution >= 4 is 17.9 Å². The number of carbonyl (C=O) groups is 3. The second kappa shape index (κ2) is 6.63. The Labute approximate surface area is 179 Å². The average Bonchev–Trinajstić information content (AvgIpc) is 3.57. The summed E-state index contributed by atoms with van der Waals surface area (Å²) in [5.41, 5.74) is -0.735. The van der Waals surface area contributed by atoms with Crippen molar-refractivity contribution in [1.29, 1.82) is 0 Å². The lowest BCUT2D eigenvalue weighted by atomic mass is 9.76. The zero-order valence-electron chi connectivity index (χ0n) is 17.7. The van der Waals surface area contributed by atoms with E-state index >= 15 is 0 Å². The van der Waals surface area contributed by atoms with Gasteiger partial charge in [0, 0.05) is 36.3 Å². The van der Waals surface area contributed by atoms with Crippen LogP contribution in [0.1, 0.15) is 27.2 Å². The van der Waals surface area contributed by atoms with E-state index < -0.39 is 53.3 Å². The van der Waals surface area contributed by atoms with Crippen LogP contribution < -0.4 is 0 Å². The van der Waals surface area contributed by atoms with Gasteiger partial charge in [0.25, 0.3) is 0 Å². The smallest absolute Gasteiger partial charge is 0.334 e. The maximum Gasteiger partial charge on any atom is 0.334 e. The van der Waals surface area contributed by atoms with Crippen molar-refractivity contribution in [2.45, 2.75) is 62.8 Å². The molecule has 1 spiro atoms. The van der Waals surface area contributed by atoms with Crippen LogP contribution in [0, 0.1) is 17.8 Å². The largest absolute Gasteiger partial charge is 0.462 e. The molecule has 0 radical (unpaired) electrons. The van der Waals surface area contributed by atoms with Gasteiger partial charge in [-0.3, -0.25) is 4.79 Å². The lowest BCUT2D eigenvalue weighted by molar-refractivity contribution is -0.150. The summed E-state index contributed by atoms with van der Waals surface area (Å²) in [6, 6.07) is 0. The molecule has 1 unspecified atom stereocenters. The quantitative estimate of drug-likeness (QED) is 0.290. The maximum atomic E-state index is 12.8. The number of aliphatic hydroxyl groups excluding tert-OH is 1. The summed E-state index contributed by atoms with van der Waals surface area (Å²) in [7, 11) is 0. The molecule has 0 aromatic heterocycles. The Hall–Kier alpha value is -2.23. The number of ether oxygens (including phenoxy) is 5. The van der Waals surface area contributed by atoms with E-state index in [4.69, 9.17) is 23.7 Å². The Kier molecular flexibility index (Phi) is 4.42. The zero-order valence-corrected chi connectivity index (χ0v) is 17.7. The van der Waals surface area contributed by atoms with Gasteiger partial charge in [0.1, 0.15) is 36.1 Å². The number of aliphatic hydroxyl groups is 1. The summed E-state index contributed by atoms with van der Waals surface area (Å²) in [5.74, 6) is -2.68. The molecular formula is C22H26O9. The van der Waals surface area contributed by atoms with Crippen LogP contribution in [0.5, 0.6) is 0 Å². The Balaban J connectivity index is 1.44. The summed E-state index contributed by atoms with van der Waals surface area (Å²) in [4.78, 5) is 36.1. The summed E-state index contributed by atoms with van der Waals surface area (Å²) < 4.78 is 28.1. The molecule has 1 N–H and O–H groups in total. The van der Waals surface area contributed by atoms with Crippen molar-refractivity contribution in [2.75, 3.05) is 13.2 Å². The molecule has 0 aromatic rings. The van der Waals surface area contributed by atoms with Crippen molar-refractivity contribution in [3.63, 3.8) is 0 Å². The molecule has 3 heterocycles. The minimum absolute atomic E-state index is 0.0399. The van der Waals surface area contributed by atoms with Gasteiger partial charge in [-0.1, -0.05) is 6.58 Å². The van der Waals surface area contributed by atoms with Crippen molar-refractivity contribution in [2.24, 2.45) is 17.8 Å². The molecule has 9 nitrogen and oxygen atoms in total. The zero-order chi connectivity index (χ0) is 22.3. The number of hydrogen-bond acceptors (Lipinski definition) is 9. The lowest BCUT2D eigenvalue weighted by Gasteiger charge is -2.33. The minimum Gasteiger partial charge on any atom is -0.462 e. The number of hydrogen-bond donors (Lipinski definition) is 1. The van der Waals surface area contributed by atoms with E-state index in [9.17, 15) is 19.5 Å². The van der Waals surface area contributed by atoms with E-state index in [0.29, 0.717) is 13.0 Å². The normalized spacial score (nSPS) is 47.1. The predicted molar refractivity (Wildman–Crippen MR) is 102 cm³/mol. The number of carbonyl (C=O) groups excluding carboxylic acids is 3. The van der Waals surface area contributed by atoms with E-state index in [1.54, 1.807) is 6.92 Å². The average molecular weight is 434 g/mol. The molecule has 0 bridgehead atoms. The topological polar surface area (TPSA) is 124 Å². The molecule has 31 heavy (non-hydrogen) atoms. The molecule has 3 saturated heterocycles. The van der Waals surface area contributed by atoms with Crippen LogP contribution >= 0.6 is 0 Å². The first-order valence-corrected chi connectivity index (χ1v) is 10.5. The number of fused-ring (bicyclic) bond motifs is 6. The third-order valence-electron chi connectivity index (χ3n) is 7.56. The summed E-state index contributed by atoms with van der Waals surface area (Å²) in [6.07, 6.45) is -0.603. The van der Waals surface area contributed by atoms with Gasteiger partial charge in [-0.05, 0) is 19.9 Å². The summed E-state index contributed by atoms with van der Waals surface area (Å²) in [5, 5.41) is 10.9. The van der Waals surface area contributed by atoms with Gasteiger partial charge < -0.3 is 28.8 Å². The molecule has 9 heteroatoms. The Morgan fingerprint density at radius 2 is 2.03 bits per heavy atom. The van der Waals surface area contributed by atoms with Gasteiger partial charge in [0.15, 0.2) is 0 Å². The fraction of sp³-hybridized carbons (Fsp3) is 0.682. The molecule has 0 aromatic carbocycles. The summed E-state index contributed by atoms with van der Waals surface area (Å²) in [6.45, 7) is 9.07. The van der Waals surface area contributed by atoms with Gasteiger partial charge in [-0.15, -0.1) is 0 Å². The molecule has 3 aliphatic heterocycles. The first kappa shape index (κ1) is 20.7. The van der Waals surface area contributed by atoms with Crippen molar-refractivity contribution in [3.8, 4) is 0 Å². The fourth-order valence-electron chi connectivity index (χ4n) is 5.90. The van der Waals surface area contributed by atoms with Crippen LogP contribution in [0.3, 0.4) is 0 Å². The van der Waals surface area contributed by atoms with Crippen molar-refractivity contribution in [1.82, 2.24) is 0 Å². The molecule has 0 amide bonds. The van der Waals surface area contributed by atoms with Crippen LogP contribution in [-0.4, -0.2) is 71.8 Å². The monoisotopic (exact) mass is 434 g/mol. The van der Waals surface area contributed by atoms with Gasteiger partial charge >= 0.3 is 17.9 Å². The Morgan fingerprint density at radius 1 is 1.32 bits per heavy atom. The third-order valence-corrected chi connectivity index (χ3v) is 7.56. The lowest BCUT2D eigenvalue weighted by Crippen LogP contribution is -2.44. The Bertz CT molecular complexity index is 903. The molecule has 9 atom stereocenters. The van der Waals surface area contributed by atoms with Crippen LogP contribution in [0.2, 0.25) is 0 Å². The van der Waals surface area contributed by atoms with E-state index in [-0.39, 0.29) is 35.7 Å². The van der Waals surface area contributed by atoms with Gasteiger partial charge in [-0.2, -0.15) is 0 Å². The van der Waals surface area contributed by atoms with E-state index in [0.717, 1.165) is 0 Å². The highest BCUT2D eigenvalue weighted by Crippen LogP contribution is 2.67. The first-order chi connectivity index (χ1) is 14.6. The van der Waals surface area contributed by atoms with Crippen LogP contribution in [0.4, 0.5) is 0 Å². The highest BCUT2D eigenvalue weighted by molar-refractivity contribution is 5.92. The first-order valence-electron chi connectivity index (χ1n) is 10.5. The molecule has 5 rings (SSSR count). The van der Waals surface area contributed by atoms with E-state index in [1.165, 1.54) is 13.0 Å². The molecule has 5 fully saturated rings. The molecule has 168 valence electrons. The standard InChI is InChI=1S/C22H26O9/c1-9(5-6-27-11(3)23)19(25)29-12-7-22(8-28-22)14-15(21(4)18(31-21)16(14)24)17-13(12)10(2)20(26)30-17/h5,12-18,24H,2,6-8H2,1,3-4H3/b9-5-/t12-,13?,14+,15+,16+,17+,18-,21+,22+/m1/s1. The van der Waals surface area contributed by atoms with Gasteiger partial charge in [0.2, 0.25) is 0 Å². The predicted octanol–water partition coefficient (Wildman–Crippen LogP) is 0.442. The van der Waals surface area contributed by atoms with Crippen LogP contribution in [0.15, 0.2) is 23.8 Å². The van der Waals surface area contributed by atoms with Gasteiger partial charge in [0.05, 0.1) is 18.6 Å². The second-order valence-corrected chi connectivity index (χ2v) is 9.38. The van der Waals surface area contributed by atoms with Crippen LogP contribution in [-0.2, 0) is 38.1 Å². The number of rotatable bonds is 4. The minimum atomic E-state index is -0.745. The van der Waals surface area contributed by atoms with E-state index in [2.05, 4.69) is 6.58 Å². The van der Waals surface area contributed by atoms with Gasteiger partial charge in [-0.25, -0.2) is 9.59 Å². The number of epoxide rings is 2. The molecule has 2 saturated carbocycles. The Morgan fingerprint density at radius 3 is 2.68 bits per heavy atom. The highest BCUT2D eigenvalue weighted by Gasteiger charge is 2.81. The third kappa shape index (κ3) is 2.97. The van der Waals surface area contributed by atoms with Crippen molar-refractivity contribution in [3.05, 3.63) is 23.8 Å². The SMILES string of the molecule is C=C1C(=O)O[C@H]2C1[C@H](OC(=O)/C(C)=C\COC(C)=O)C[C@]1(CO1)[C@@H]1[C@H](O)[C@H]3O[C@@]3(C)[C@@H]12. The maximum absolute atomic E-state index is 12.8. The molecular weight excluding hydrogens is 408 g/mol. The molecule has 2 aliphatic carbocycles. The van der Waals surface area contributed by atoms with Crippen molar-refractivity contribution < 1.29 is 43.2 Å². The summed E-state index contributed by atoms with van der Waals surface area (Å²) >= 11 is 0. The highest BCUT2D eigenvalue weighted by atomic mass is 16.6. The molecule has 5 aliphatic rings. The fourth-order valence-corrected chi connectivity index (χ4v) is 5.90. The van der Waals surface area contributed by atoms with E-state index in [1.807, 2.05) is 6.92 Å². The number of esters is 3. The second-order valence-electron chi connectivity index (χ2n) is 9.38.